The Morgan fingerprint density at radius 2 is 1.77 bits per heavy atom. The summed E-state index contributed by atoms with van der Waals surface area (Å²) in [6.45, 7) is 7.28. The zero-order valence-corrected chi connectivity index (χ0v) is 22.5. The quantitative estimate of drug-likeness (QED) is 0.200. The van der Waals surface area contributed by atoms with Crippen molar-refractivity contribution in [2.24, 2.45) is 5.92 Å². The fraction of sp³-hybridized carbons (Fsp3) is 0.333. The van der Waals surface area contributed by atoms with Gasteiger partial charge in [0.2, 0.25) is 0 Å². The van der Waals surface area contributed by atoms with Crippen molar-refractivity contribution in [3.8, 4) is 0 Å². The maximum atomic E-state index is 12.6. The van der Waals surface area contributed by atoms with Gasteiger partial charge in [-0.25, -0.2) is 4.79 Å². The van der Waals surface area contributed by atoms with Gasteiger partial charge in [-0.2, -0.15) is 0 Å². The summed E-state index contributed by atoms with van der Waals surface area (Å²) in [6.07, 6.45) is 2.05. The van der Waals surface area contributed by atoms with Crippen LogP contribution in [0.2, 0.25) is 0 Å². The Morgan fingerprint density at radius 1 is 1.08 bits per heavy atom. The van der Waals surface area contributed by atoms with Crippen molar-refractivity contribution in [2.75, 3.05) is 34.8 Å². The molecule has 0 radical (unpaired) electrons. The van der Waals surface area contributed by atoms with Gasteiger partial charge in [0.05, 0.1) is 10.5 Å². The predicted molar refractivity (Wildman–Crippen MR) is 153 cm³/mol. The third-order valence-electron chi connectivity index (χ3n) is 6.72. The Hall–Kier alpha value is -4.40. The molecule has 0 saturated carbocycles. The number of ether oxygens (including phenoxy) is 1. The highest BCUT2D eigenvalue weighted by Crippen LogP contribution is 2.33. The van der Waals surface area contributed by atoms with E-state index in [1.54, 1.807) is 18.2 Å². The molecular formula is C30H34N4O5. The smallest absolute Gasteiger partial charge is 0.338 e. The van der Waals surface area contributed by atoms with Gasteiger partial charge in [-0.15, -0.1) is 0 Å². The first-order valence-corrected chi connectivity index (χ1v) is 13.2. The Bertz CT molecular complexity index is 1310. The number of nitrogens with one attached hydrogen (secondary N) is 1. The summed E-state index contributed by atoms with van der Waals surface area (Å²) in [5, 5.41) is 14.5. The predicted octanol–water partition coefficient (Wildman–Crippen LogP) is 6.17. The number of hydrogen-bond donors (Lipinski definition) is 1. The van der Waals surface area contributed by atoms with Crippen LogP contribution in [0.3, 0.4) is 0 Å². The number of benzene rings is 3. The standard InChI is InChI=1S/C30H34N4O5/c1-21(2)33(25-9-5-4-6-10-25)26-14-12-24(13-15-26)31-29(35)20-39-30(36)23-11-16-27(28(18-23)34(37)38)32-17-7-8-22(3)19-32/h4-6,9-16,18,21-22H,7-8,17,19-20H2,1-3H3,(H,31,35)/t22-/m1/s1. The number of nitro groups is 1. The van der Waals surface area contributed by atoms with Gasteiger partial charge < -0.3 is 19.9 Å². The van der Waals surface area contributed by atoms with E-state index in [-0.39, 0.29) is 17.3 Å². The summed E-state index contributed by atoms with van der Waals surface area (Å²) < 4.78 is 5.16. The van der Waals surface area contributed by atoms with Crippen LogP contribution in [0.4, 0.5) is 28.4 Å². The third-order valence-corrected chi connectivity index (χ3v) is 6.72. The SMILES string of the molecule is CC(C)N(c1ccccc1)c1ccc(NC(=O)COC(=O)c2ccc(N3CCC[C@@H](C)C3)c([N+](=O)[O-])c2)cc1. The number of piperidine rings is 1. The van der Waals surface area contributed by atoms with Crippen molar-refractivity contribution >= 4 is 40.3 Å². The van der Waals surface area contributed by atoms with Crippen molar-refractivity contribution in [3.63, 3.8) is 0 Å². The molecule has 0 aliphatic carbocycles. The number of nitro benzene ring substituents is 1. The number of rotatable bonds is 9. The molecule has 1 saturated heterocycles. The first-order valence-electron chi connectivity index (χ1n) is 13.2. The molecule has 1 amide bonds. The average Bonchev–Trinajstić information content (AvgIpc) is 2.93. The minimum Gasteiger partial charge on any atom is -0.452 e. The first kappa shape index (κ1) is 27.6. The van der Waals surface area contributed by atoms with Gasteiger partial charge in [0.15, 0.2) is 6.61 Å². The van der Waals surface area contributed by atoms with Crippen molar-refractivity contribution in [2.45, 2.75) is 39.7 Å². The van der Waals surface area contributed by atoms with E-state index in [1.165, 1.54) is 12.1 Å². The van der Waals surface area contributed by atoms with E-state index in [0.717, 1.165) is 37.3 Å². The maximum absolute atomic E-state index is 12.6. The van der Waals surface area contributed by atoms with Crippen molar-refractivity contribution in [3.05, 3.63) is 88.5 Å². The van der Waals surface area contributed by atoms with Crippen LogP contribution in [0.15, 0.2) is 72.8 Å². The van der Waals surface area contributed by atoms with E-state index in [1.807, 2.05) is 47.4 Å². The molecule has 1 heterocycles. The summed E-state index contributed by atoms with van der Waals surface area (Å²) in [7, 11) is 0. The largest absolute Gasteiger partial charge is 0.452 e. The van der Waals surface area contributed by atoms with Crippen LogP contribution in [0.5, 0.6) is 0 Å². The molecule has 0 aromatic heterocycles. The second-order valence-corrected chi connectivity index (χ2v) is 10.1. The van der Waals surface area contributed by atoms with Crippen LogP contribution in [-0.4, -0.2) is 42.5 Å². The van der Waals surface area contributed by atoms with Crippen LogP contribution in [0.25, 0.3) is 0 Å². The minimum absolute atomic E-state index is 0.0300. The van der Waals surface area contributed by atoms with E-state index in [4.69, 9.17) is 4.74 Å². The highest BCUT2D eigenvalue weighted by molar-refractivity contribution is 5.96. The molecule has 0 unspecified atom stereocenters. The highest BCUT2D eigenvalue weighted by atomic mass is 16.6. The van der Waals surface area contributed by atoms with Gasteiger partial charge in [-0.3, -0.25) is 14.9 Å². The Morgan fingerprint density at radius 3 is 2.41 bits per heavy atom. The summed E-state index contributed by atoms with van der Waals surface area (Å²) in [6, 6.07) is 22.0. The van der Waals surface area contributed by atoms with Crippen molar-refractivity contribution in [1.29, 1.82) is 0 Å². The van der Waals surface area contributed by atoms with Gasteiger partial charge in [0.1, 0.15) is 5.69 Å². The van der Waals surface area contributed by atoms with Crippen molar-refractivity contribution < 1.29 is 19.2 Å². The summed E-state index contributed by atoms with van der Waals surface area (Å²) >= 11 is 0. The topological polar surface area (TPSA) is 105 Å². The van der Waals surface area contributed by atoms with Gasteiger partial charge >= 0.3 is 5.97 Å². The number of anilines is 4. The average molecular weight is 531 g/mol. The third kappa shape index (κ3) is 6.93. The lowest BCUT2D eigenvalue weighted by Gasteiger charge is -2.32. The minimum atomic E-state index is -0.794. The lowest BCUT2D eigenvalue weighted by molar-refractivity contribution is -0.384. The van der Waals surface area contributed by atoms with E-state index in [0.29, 0.717) is 17.3 Å². The zero-order chi connectivity index (χ0) is 27.9. The number of carbonyl (C=O) groups excluding carboxylic acids is 2. The Balaban J connectivity index is 1.36. The van der Waals surface area contributed by atoms with Gasteiger partial charge in [-0.05, 0) is 81.1 Å². The molecule has 9 heteroatoms. The second kappa shape index (κ2) is 12.4. The number of nitrogens with zero attached hydrogens (tertiary/aromatic N) is 3. The molecule has 0 spiro atoms. The second-order valence-electron chi connectivity index (χ2n) is 10.1. The number of esters is 1. The molecular weight excluding hydrogens is 496 g/mol. The molecule has 3 aromatic rings. The van der Waals surface area contributed by atoms with Crippen LogP contribution in [0, 0.1) is 16.0 Å². The van der Waals surface area contributed by atoms with Gasteiger partial charge in [-0.1, -0.05) is 25.1 Å². The number of para-hydroxylation sites is 1. The molecule has 9 nitrogen and oxygen atoms in total. The molecule has 1 N–H and O–H groups in total. The molecule has 3 aromatic carbocycles. The molecule has 1 fully saturated rings. The van der Waals surface area contributed by atoms with E-state index < -0.39 is 23.4 Å². The lowest BCUT2D eigenvalue weighted by Crippen LogP contribution is -2.34. The highest BCUT2D eigenvalue weighted by Gasteiger charge is 2.25. The monoisotopic (exact) mass is 530 g/mol. The van der Waals surface area contributed by atoms with Crippen LogP contribution >= 0.6 is 0 Å². The summed E-state index contributed by atoms with van der Waals surface area (Å²) in [5.41, 5.74) is 2.98. The molecule has 204 valence electrons. The molecule has 1 atom stereocenters. The number of amides is 1. The summed E-state index contributed by atoms with van der Waals surface area (Å²) in [5.74, 6) is -0.860. The molecule has 0 bridgehead atoms. The molecule has 1 aliphatic heterocycles. The molecule has 1 aliphatic rings. The van der Waals surface area contributed by atoms with E-state index in [2.05, 4.69) is 31.0 Å². The number of carbonyl (C=O) groups is 2. The summed E-state index contributed by atoms with van der Waals surface area (Å²) in [4.78, 5) is 40.5. The fourth-order valence-corrected chi connectivity index (χ4v) is 4.92. The van der Waals surface area contributed by atoms with Gasteiger partial charge in [0, 0.05) is 42.3 Å². The normalized spacial score (nSPS) is 15.1. The zero-order valence-electron chi connectivity index (χ0n) is 22.5. The number of hydrogen-bond acceptors (Lipinski definition) is 7. The van der Waals surface area contributed by atoms with Gasteiger partial charge in [0.25, 0.3) is 11.6 Å². The molecule has 4 rings (SSSR count). The van der Waals surface area contributed by atoms with Crippen LogP contribution < -0.4 is 15.1 Å². The van der Waals surface area contributed by atoms with E-state index >= 15 is 0 Å². The van der Waals surface area contributed by atoms with Crippen LogP contribution in [-0.2, 0) is 9.53 Å². The Labute approximate surface area is 228 Å². The maximum Gasteiger partial charge on any atom is 0.338 e. The van der Waals surface area contributed by atoms with Crippen molar-refractivity contribution in [1.82, 2.24) is 0 Å². The van der Waals surface area contributed by atoms with E-state index in [9.17, 15) is 19.7 Å². The fourth-order valence-electron chi connectivity index (χ4n) is 4.92. The lowest BCUT2D eigenvalue weighted by atomic mass is 9.99. The Kier molecular flexibility index (Phi) is 8.81. The van der Waals surface area contributed by atoms with Crippen LogP contribution in [0.1, 0.15) is 44.0 Å². The first-order chi connectivity index (χ1) is 18.7. The molecule has 39 heavy (non-hydrogen) atoms.